The minimum atomic E-state index is -0.397. The zero-order valence-corrected chi connectivity index (χ0v) is 18.8. The number of benzene rings is 2. The molecule has 0 spiro atoms. The van der Waals surface area contributed by atoms with Crippen LogP contribution in [0.5, 0.6) is 11.5 Å². The number of amides is 2. The Hall–Kier alpha value is -4.07. The molecule has 2 aromatic carbocycles. The van der Waals surface area contributed by atoms with Crippen LogP contribution in [0.15, 0.2) is 54.7 Å². The van der Waals surface area contributed by atoms with Crippen molar-refractivity contribution in [1.82, 2.24) is 9.88 Å². The lowest BCUT2D eigenvalue weighted by atomic mass is 9.95. The topological polar surface area (TPSA) is 107 Å². The van der Waals surface area contributed by atoms with Crippen molar-refractivity contribution >= 4 is 23.3 Å². The zero-order valence-electron chi connectivity index (χ0n) is 18.8. The summed E-state index contributed by atoms with van der Waals surface area (Å²) in [6.07, 6.45) is 2.13. The van der Waals surface area contributed by atoms with Gasteiger partial charge in [-0.15, -0.1) is 0 Å². The van der Waals surface area contributed by atoms with E-state index in [1.165, 1.54) is 4.90 Å². The standard InChI is InChI=1S/C25H26N4O4/c1-29(2)25(31)20-12-15(16-8-9-27-23(26)13-16)4-6-21(20)28-24(30)18-10-17-11-19(32-3)5-7-22(17)33-14-18/h4-9,11-13,18H,10,14H2,1-3H3,(H2,26,27)(H,28,30)/t18-/m1/s1. The minimum Gasteiger partial charge on any atom is -0.497 e. The molecular formula is C25H26N4O4. The molecule has 33 heavy (non-hydrogen) atoms. The fourth-order valence-electron chi connectivity index (χ4n) is 3.78. The van der Waals surface area contributed by atoms with E-state index in [0.717, 1.165) is 22.4 Å². The second-order valence-corrected chi connectivity index (χ2v) is 8.10. The van der Waals surface area contributed by atoms with Crippen LogP contribution in [0.2, 0.25) is 0 Å². The summed E-state index contributed by atoms with van der Waals surface area (Å²) < 4.78 is 11.1. The second kappa shape index (κ2) is 9.20. The molecular weight excluding hydrogens is 420 g/mol. The lowest BCUT2D eigenvalue weighted by molar-refractivity contribution is -0.121. The Labute approximate surface area is 192 Å². The van der Waals surface area contributed by atoms with Crippen LogP contribution in [0.3, 0.4) is 0 Å². The highest BCUT2D eigenvalue weighted by atomic mass is 16.5. The smallest absolute Gasteiger partial charge is 0.255 e. The second-order valence-electron chi connectivity index (χ2n) is 8.10. The van der Waals surface area contributed by atoms with E-state index in [9.17, 15) is 9.59 Å². The lowest BCUT2D eigenvalue weighted by Gasteiger charge is -2.25. The Morgan fingerprint density at radius 2 is 1.91 bits per heavy atom. The van der Waals surface area contributed by atoms with Crippen molar-refractivity contribution in [3.63, 3.8) is 0 Å². The summed E-state index contributed by atoms with van der Waals surface area (Å²) >= 11 is 0. The van der Waals surface area contributed by atoms with Gasteiger partial charge < -0.3 is 25.4 Å². The molecule has 2 amide bonds. The van der Waals surface area contributed by atoms with Crippen molar-refractivity contribution in [3.05, 3.63) is 65.9 Å². The maximum atomic E-state index is 13.1. The first-order valence-corrected chi connectivity index (χ1v) is 10.5. The molecule has 4 rings (SSSR count). The molecule has 1 aliphatic heterocycles. The number of ether oxygens (including phenoxy) is 2. The number of nitrogen functional groups attached to an aromatic ring is 1. The average molecular weight is 447 g/mol. The van der Waals surface area contributed by atoms with Crippen LogP contribution < -0.4 is 20.5 Å². The number of anilines is 2. The van der Waals surface area contributed by atoms with Crippen LogP contribution in [0.4, 0.5) is 11.5 Å². The normalized spacial score (nSPS) is 14.6. The zero-order chi connectivity index (χ0) is 23.5. The van der Waals surface area contributed by atoms with Gasteiger partial charge in [-0.25, -0.2) is 4.98 Å². The van der Waals surface area contributed by atoms with Gasteiger partial charge >= 0.3 is 0 Å². The molecule has 1 aliphatic rings. The largest absolute Gasteiger partial charge is 0.497 e. The van der Waals surface area contributed by atoms with Gasteiger partial charge in [0.1, 0.15) is 23.9 Å². The van der Waals surface area contributed by atoms with Crippen molar-refractivity contribution in [3.8, 4) is 22.6 Å². The number of nitrogens with two attached hydrogens (primary N) is 1. The van der Waals surface area contributed by atoms with Gasteiger partial charge in [-0.3, -0.25) is 9.59 Å². The van der Waals surface area contributed by atoms with Crippen molar-refractivity contribution in [1.29, 1.82) is 0 Å². The summed E-state index contributed by atoms with van der Waals surface area (Å²) in [5, 5.41) is 2.93. The van der Waals surface area contributed by atoms with E-state index in [2.05, 4.69) is 10.3 Å². The van der Waals surface area contributed by atoms with E-state index in [1.807, 2.05) is 30.3 Å². The number of aromatic nitrogens is 1. The Balaban J connectivity index is 1.60. The van der Waals surface area contributed by atoms with Gasteiger partial charge in [0.15, 0.2) is 0 Å². The Morgan fingerprint density at radius 3 is 2.64 bits per heavy atom. The number of nitrogens with one attached hydrogen (secondary N) is 1. The number of carbonyl (C=O) groups is 2. The quantitative estimate of drug-likeness (QED) is 0.623. The molecule has 170 valence electrons. The summed E-state index contributed by atoms with van der Waals surface area (Å²) in [4.78, 5) is 31.5. The fraction of sp³-hybridized carbons (Fsp3) is 0.240. The molecule has 0 saturated heterocycles. The van der Waals surface area contributed by atoms with Gasteiger partial charge in [-0.2, -0.15) is 0 Å². The molecule has 0 aliphatic carbocycles. The number of methoxy groups -OCH3 is 1. The van der Waals surface area contributed by atoms with Gasteiger partial charge in [-0.05, 0) is 65.6 Å². The highest BCUT2D eigenvalue weighted by Crippen LogP contribution is 2.32. The van der Waals surface area contributed by atoms with E-state index in [-0.39, 0.29) is 18.4 Å². The molecule has 8 heteroatoms. The highest BCUT2D eigenvalue weighted by Gasteiger charge is 2.27. The van der Waals surface area contributed by atoms with Gasteiger partial charge in [0, 0.05) is 20.3 Å². The van der Waals surface area contributed by atoms with Crippen LogP contribution in [-0.2, 0) is 11.2 Å². The SMILES string of the molecule is COc1ccc2c(c1)C[C@@H](C(=O)Nc1ccc(-c3ccnc(N)c3)cc1C(=O)N(C)C)CO2. The number of fused-ring (bicyclic) bond motifs is 1. The van der Waals surface area contributed by atoms with Gasteiger partial charge in [0.25, 0.3) is 5.91 Å². The third-order valence-corrected chi connectivity index (χ3v) is 5.57. The van der Waals surface area contributed by atoms with Gasteiger partial charge in [0.2, 0.25) is 5.91 Å². The maximum absolute atomic E-state index is 13.1. The van der Waals surface area contributed by atoms with Crippen LogP contribution in [0.25, 0.3) is 11.1 Å². The molecule has 0 radical (unpaired) electrons. The maximum Gasteiger partial charge on any atom is 0.255 e. The number of rotatable bonds is 5. The molecule has 1 atom stereocenters. The molecule has 1 aromatic heterocycles. The number of nitrogens with zero attached hydrogens (tertiary/aromatic N) is 2. The molecule has 0 bridgehead atoms. The third-order valence-electron chi connectivity index (χ3n) is 5.57. The van der Waals surface area contributed by atoms with E-state index in [1.54, 1.807) is 45.6 Å². The molecule has 0 fully saturated rings. The summed E-state index contributed by atoms with van der Waals surface area (Å²) in [5.74, 6) is 1.03. The van der Waals surface area contributed by atoms with E-state index in [0.29, 0.717) is 29.2 Å². The van der Waals surface area contributed by atoms with Crippen molar-refractivity contribution in [2.24, 2.45) is 5.92 Å². The van der Waals surface area contributed by atoms with Crippen LogP contribution in [-0.4, -0.2) is 49.5 Å². The predicted molar refractivity (Wildman–Crippen MR) is 126 cm³/mol. The first-order valence-electron chi connectivity index (χ1n) is 10.5. The number of carbonyl (C=O) groups excluding carboxylic acids is 2. The van der Waals surface area contributed by atoms with Gasteiger partial charge in [-0.1, -0.05) is 6.07 Å². The van der Waals surface area contributed by atoms with Crippen LogP contribution in [0.1, 0.15) is 15.9 Å². The minimum absolute atomic E-state index is 0.211. The molecule has 3 N–H and O–H groups in total. The molecule has 0 unspecified atom stereocenters. The lowest BCUT2D eigenvalue weighted by Crippen LogP contribution is -2.33. The molecule has 0 saturated carbocycles. The Bertz CT molecular complexity index is 1210. The summed E-state index contributed by atoms with van der Waals surface area (Å²) in [5.41, 5.74) is 9.19. The van der Waals surface area contributed by atoms with Crippen molar-refractivity contribution in [2.75, 3.05) is 38.9 Å². The fourth-order valence-corrected chi connectivity index (χ4v) is 3.78. The number of hydrogen-bond donors (Lipinski definition) is 2. The van der Waals surface area contributed by atoms with Crippen molar-refractivity contribution < 1.29 is 19.1 Å². The highest BCUT2D eigenvalue weighted by molar-refractivity contribution is 6.05. The van der Waals surface area contributed by atoms with E-state index < -0.39 is 5.92 Å². The van der Waals surface area contributed by atoms with E-state index in [4.69, 9.17) is 15.2 Å². The summed E-state index contributed by atoms with van der Waals surface area (Å²) in [6.45, 7) is 0.260. The predicted octanol–water partition coefficient (Wildman–Crippen LogP) is 3.23. The molecule has 2 heterocycles. The first-order chi connectivity index (χ1) is 15.9. The monoisotopic (exact) mass is 446 g/mol. The van der Waals surface area contributed by atoms with E-state index >= 15 is 0 Å². The summed E-state index contributed by atoms with van der Waals surface area (Å²) in [7, 11) is 4.94. The van der Waals surface area contributed by atoms with Crippen molar-refractivity contribution in [2.45, 2.75) is 6.42 Å². The van der Waals surface area contributed by atoms with Crippen LogP contribution >= 0.6 is 0 Å². The number of pyridine rings is 1. The van der Waals surface area contributed by atoms with Gasteiger partial charge in [0.05, 0.1) is 24.3 Å². The van der Waals surface area contributed by atoms with Crippen LogP contribution in [0, 0.1) is 5.92 Å². The summed E-state index contributed by atoms with van der Waals surface area (Å²) in [6, 6.07) is 14.4. The molecule has 8 nitrogen and oxygen atoms in total. The first kappa shape index (κ1) is 22.1. The molecule has 3 aromatic rings. The average Bonchev–Trinajstić information content (AvgIpc) is 2.83. The Morgan fingerprint density at radius 1 is 1.12 bits per heavy atom. The third kappa shape index (κ3) is 4.74. The number of hydrogen-bond acceptors (Lipinski definition) is 6. The Kier molecular flexibility index (Phi) is 6.17.